The van der Waals surface area contributed by atoms with E-state index in [-0.39, 0.29) is 0 Å². The van der Waals surface area contributed by atoms with Gasteiger partial charge in [-0.2, -0.15) is 0 Å². The molecular formula is C15H19ClN4S. The zero-order valence-electron chi connectivity index (χ0n) is 12.1. The topological polar surface area (TPSA) is 63.8 Å². The van der Waals surface area contributed by atoms with Gasteiger partial charge in [0.2, 0.25) is 0 Å². The molecule has 0 radical (unpaired) electrons. The summed E-state index contributed by atoms with van der Waals surface area (Å²) in [5.41, 5.74) is 3.62. The standard InChI is InChI=1S/C15H19ClN4S/c1-10(2)7-12-8-14(20-17)19-15(18-12)9-21-13-5-3-11(16)4-6-13/h3-6,8,10H,7,9,17H2,1-2H3,(H,18,19,20). The lowest BCUT2D eigenvalue weighted by molar-refractivity contribution is 0.632. The molecule has 3 N–H and O–H groups in total. The van der Waals surface area contributed by atoms with Crippen LogP contribution in [0.25, 0.3) is 0 Å². The van der Waals surface area contributed by atoms with Crippen molar-refractivity contribution in [3.63, 3.8) is 0 Å². The summed E-state index contributed by atoms with van der Waals surface area (Å²) in [6.07, 6.45) is 0.913. The molecule has 0 spiro atoms. The molecule has 0 fully saturated rings. The first kappa shape index (κ1) is 16.1. The number of hydrazine groups is 1. The summed E-state index contributed by atoms with van der Waals surface area (Å²) < 4.78 is 0. The molecule has 6 heteroatoms. The van der Waals surface area contributed by atoms with E-state index < -0.39 is 0 Å². The molecule has 0 aliphatic heterocycles. The summed E-state index contributed by atoms with van der Waals surface area (Å²) in [7, 11) is 0. The van der Waals surface area contributed by atoms with Gasteiger partial charge in [-0.25, -0.2) is 15.8 Å². The molecule has 1 heterocycles. The van der Waals surface area contributed by atoms with E-state index in [2.05, 4.69) is 29.2 Å². The monoisotopic (exact) mass is 322 g/mol. The second-order valence-electron chi connectivity index (χ2n) is 5.15. The number of nitrogens with two attached hydrogens (primary N) is 1. The number of nitrogen functional groups attached to an aromatic ring is 1. The van der Waals surface area contributed by atoms with Gasteiger partial charge in [0, 0.05) is 21.7 Å². The van der Waals surface area contributed by atoms with E-state index in [0.717, 1.165) is 27.9 Å². The first-order valence-corrected chi connectivity index (χ1v) is 8.15. The van der Waals surface area contributed by atoms with Crippen molar-refractivity contribution in [3.8, 4) is 0 Å². The maximum absolute atomic E-state index is 5.88. The Morgan fingerprint density at radius 3 is 2.57 bits per heavy atom. The normalized spacial score (nSPS) is 10.9. The Hall–Kier alpha value is -1.30. The molecule has 2 aromatic rings. The van der Waals surface area contributed by atoms with Gasteiger partial charge >= 0.3 is 0 Å². The van der Waals surface area contributed by atoms with Gasteiger partial charge < -0.3 is 5.43 Å². The van der Waals surface area contributed by atoms with Crippen LogP contribution in [0.2, 0.25) is 5.02 Å². The van der Waals surface area contributed by atoms with Crippen LogP contribution in [0.1, 0.15) is 25.4 Å². The van der Waals surface area contributed by atoms with Gasteiger partial charge in [0.1, 0.15) is 11.6 Å². The van der Waals surface area contributed by atoms with Crippen molar-refractivity contribution in [2.45, 2.75) is 30.9 Å². The molecule has 0 saturated carbocycles. The summed E-state index contributed by atoms with van der Waals surface area (Å²) in [6, 6.07) is 9.65. The Kier molecular flexibility index (Phi) is 5.85. The lowest BCUT2D eigenvalue weighted by Gasteiger charge is -2.09. The van der Waals surface area contributed by atoms with Crippen molar-refractivity contribution in [3.05, 3.63) is 46.9 Å². The Bertz CT molecular complexity index is 587. The lowest BCUT2D eigenvalue weighted by atomic mass is 10.1. The number of halogens is 1. The molecule has 0 aliphatic carbocycles. The molecule has 0 bridgehead atoms. The molecule has 0 atom stereocenters. The third kappa shape index (κ3) is 5.19. The molecule has 2 rings (SSSR count). The van der Waals surface area contributed by atoms with Crippen LogP contribution in [0.3, 0.4) is 0 Å². The average Bonchev–Trinajstić information content (AvgIpc) is 2.45. The number of aromatic nitrogens is 2. The Balaban J connectivity index is 2.09. The van der Waals surface area contributed by atoms with Gasteiger partial charge in [-0.15, -0.1) is 11.8 Å². The van der Waals surface area contributed by atoms with Crippen LogP contribution in [0, 0.1) is 5.92 Å². The highest BCUT2D eigenvalue weighted by atomic mass is 35.5. The van der Waals surface area contributed by atoms with Crippen molar-refractivity contribution < 1.29 is 0 Å². The zero-order valence-corrected chi connectivity index (χ0v) is 13.7. The van der Waals surface area contributed by atoms with Gasteiger partial charge in [-0.05, 0) is 36.6 Å². The Morgan fingerprint density at radius 2 is 1.95 bits per heavy atom. The summed E-state index contributed by atoms with van der Waals surface area (Å²) in [5.74, 6) is 8.16. The van der Waals surface area contributed by atoms with Crippen LogP contribution in [0.5, 0.6) is 0 Å². The molecule has 0 aliphatic rings. The van der Waals surface area contributed by atoms with Crippen LogP contribution in [-0.2, 0) is 12.2 Å². The van der Waals surface area contributed by atoms with Gasteiger partial charge in [-0.1, -0.05) is 25.4 Å². The number of rotatable bonds is 6. The first-order valence-electron chi connectivity index (χ1n) is 6.78. The average molecular weight is 323 g/mol. The van der Waals surface area contributed by atoms with Crippen LogP contribution in [-0.4, -0.2) is 9.97 Å². The fourth-order valence-corrected chi connectivity index (χ4v) is 2.77. The third-order valence-electron chi connectivity index (χ3n) is 2.77. The molecule has 0 unspecified atom stereocenters. The summed E-state index contributed by atoms with van der Waals surface area (Å²) in [4.78, 5) is 10.1. The van der Waals surface area contributed by atoms with Gasteiger partial charge in [0.05, 0.1) is 5.75 Å². The van der Waals surface area contributed by atoms with Crippen molar-refractivity contribution in [2.24, 2.45) is 11.8 Å². The van der Waals surface area contributed by atoms with Gasteiger partial charge in [-0.3, -0.25) is 0 Å². The van der Waals surface area contributed by atoms with E-state index in [9.17, 15) is 0 Å². The van der Waals surface area contributed by atoms with Crippen molar-refractivity contribution in [1.82, 2.24) is 9.97 Å². The largest absolute Gasteiger partial charge is 0.308 e. The number of nitrogens with zero attached hydrogens (tertiary/aromatic N) is 2. The van der Waals surface area contributed by atoms with Crippen LogP contribution in [0.4, 0.5) is 5.82 Å². The smallest absolute Gasteiger partial charge is 0.143 e. The van der Waals surface area contributed by atoms with Crippen molar-refractivity contribution in [2.75, 3.05) is 5.43 Å². The number of nitrogens with one attached hydrogen (secondary N) is 1. The summed E-state index contributed by atoms with van der Waals surface area (Å²) in [5, 5.41) is 0.740. The predicted molar refractivity (Wildman–Crippen MR) is 89.4 cm³/mol. The minimum atomic E-state index is 0.544. The second-order valence-corrected chi connectivity index (χ2v) is 6.63. The highest BCUT2D eigenvalue weighted by Gasteiger charge is 2.07. The number of benzene rings is 1. The van der Waals surface area contributed by atoms with Crippen molar-refractivity contribution >= 4 is 29.2 Å². The molecule has 0 saturated heterocycles. The maximum atomic E-state index is 5.88. The SMILES string of the molecule is CC(C)Cc1cc(NN)nc(CSc2ccc(Cl)cc2)n1. The summed E-state index contributed by atoms with van der Waals surface area (Å²) in [6.45, 7) is 4.33. The van der Waals surface area contributed by atoms with E-state index in [1.807, 2.05) is 30.3 Å². The van der Waals surface area contributed by atoms with E-state index in [1.165, 1.54) is 0 Å². The molecule has 1 aromatic carbocycles. The van der Waals surface area contributed by atoms with Crippen LogP contribution in [0.15, 0.2) is 35.2 Å². The molecule has 4 nitrogen and oxygen atoms in total. The quantitative estimate of drug-likeness (QED) is 0.479. The third-order valence-corrected chi connectivity index (χ3v) is 4.03. The molecule has 21 heavy (non-hydrogen) atoms. The second kappa shape index (κ2) is 7.64. The summed E-state index contributed by atoms with van der Waals surface area (Å²) >= 11 is 7.56. The van der Waals surface area contributed by atoms with Gasteiger partial charge in [0.15, 0.2) is 0 Å². The fourth-order valence-electron chi connectivity index (χ4n) is 1.89. The highest BCUT2D eigenvalue weighted by Crippen LogP contribution is 2.23. The van der Waals surface area contributed by atoms with E-state index >= 15 is 0 Å². The minimum absolute atomic E-state index is 0.544. The van der Waals surface area contributed by atoms with Crippen LogP contribution < -0.4 is 11.3 Å². The number of anilines is 1. The van der Waals surface area contributed by atoms with E-state index in [0.29, 0.717) is 17.5 Å². The predicted octanol–water partition coefficient (Wildman–Crippen LogP) is 3.91. The Labute approximate surface area is 134 Å². The molecule has 1 aromatic heterocycles. The molecule has 0 amide bonds. The molecule has 112 valence electrons. The zero-order chi connectivity index (χ0) is 15.2. The first-order chi connectivity index (χ1) is 10.1. The van der Waals surface area contributed by atoms with Crippen molar-refractivity contribution in [1.29, 1.82) is 0 Å². The van der Waals surface area contributed by atoms with Gasteiger partial charge in [0.25, 0.3) is 0 Å². The van der Waals surface area contributed by atoms with E-state index in [4.69, 9.17) is 17.4 Å². The van der Waals surface area contributed by atoms with Crippen LogP contribution >= 0.6 is 23.4 Å². The fraction of sp³-hybridized carbons (Fsp3) is 0.333. The highest BCUT2D eigenvalue weighted by molar-refractivity contribution is 7.98. The van der Waals surface area contributed by atoms with E-state index in [1.54, 1.807) is 11.8 Å². The number of hydrogen-bond donors (Lipinski definition) is 2. The minimum Gasteiger partial charge on any atom is -0.308 e. The Morgan fingerprint density at radius 1 is 1.24 bits per heavy atom. The maximum Gasteiger partial charge on any atom is 0.143 e. The lowest BCUT2D eigenvalue weighted by Crippen LogP contribution is -2.12. The molecular weight excluding hydrogens is 304 g/mol. The number of hydrogen-bond acceptors (Lipinski definition) is 5. The number of thioether (sulfide) groups is 1.